The second-order valence-corrected chi connectivity index (χ2v) is 6.05. The van der Waals surface area contributed by atoms with Crippen molar-refractivity contribution in [3.8, 4) is 11.5 Å². The number of carbonyl (C=O) groups excluding carboxylic acids is 1. The Kier molecular flexibility index (Phi) is 4.83. The molecule has 2 aromatic carbocycles. The molecule has 1 fully saturated rings. The minimum Gasteiger partial charge on any atom is -0.467 e. The number of aliphatic hydroxyl groups is 1. The monoisotopic (exact) mass is 327 g/mol. The van der Waals surface area contributed by atoms with E-state index in [1.165, 1.54) is 7.11 Å². The Labute approximate surface area is 141 Å². The topological polar surface area (TPSA) is 59.0 Å². The zero-order valence-corrected chi connectivity index (χ0v) is 13.6. The Hall–Kier alpha value is -2.37. The van der Waals surface area contributed by atoms with Gasteiger partial charge in [0.25, 0.3) is 0 Å². The Balaban J connectivity index is 1.64. The Morgan fingerprint density at radius 3 is 2.67 bits per heavy atom. The molecule has 0 bridgehead atoms. The first-order valence-electron chi connectivity index (χ1n) is 7.94. The third-order valence-corrected chi connectivity index (χ3v) is 4.18. The van der Waals surface area contributed by atoms with E-state index in [-0.39, 0.29) is 6.54 Å². The maximum absolute atomic E-state index is 11.7. The molecule has 2 aromatic rings. The highest BCUT2D eigenvalue weighted by Crippen LogP contribution is 2.26. The molecule has 3 rings (SSSR count). The lowest BCUT2D eigenvalue weighted by Crippen LogP contribution is -2.42. The fourth-order valence-electron chi connectivity index (χ4n) is 2.95. The van der Waals surface area contributed by atoms with Crippen LogP contribution >= 0.6 is 0 Å². The van der Waals surface area contributed by atoms with Crippen molar-refractivity contribution in [1.29, 1.82) is 0 Å². The maximum Gasteiger partial charge on any atom is 0.339 e. The van der Waals surface area contributed by atoms with Crippen LogP contribution in [0, 0.1) is 0 Å². The summed E-state index contributed by atoms with van der Waals surface area (Å²) in [6.07, 6.45) is 0.389. The van der Waals surface area contributed by atoms with E-state index >= 15 is 0 Å². The number of para-hydroxylation sites is 1. The molecule has 24 heavy (non-hydrogen) atoms. The summed E-state index contributed by atoms with van der Waals surface area (Å²) in [6, 6.07) is 17.4. The quantitative estimate of drug-likeness (QED) is 0.856. The van der Waals surface area contributed by atoms with Gasteiger partial charge in [0.05, 0.1) is 7.11 Å². The molecule has 0 aliphatic carbocycles. The molecule has 1 aliphatic rings. The predicted molar refractivity (Wildman–Crippen MR) is 89.8 cm³/mol. The zero-order valence-electron chi connectivity index (χ0n) is 13.6. The van der Waals surface area contributed by atoms with Gasteiger partial charge >= 0.3 is 5.97 Å². The second-order valence-electron chi connectivity index (χ2n) is 6.05. The average Bonchev–Trinajstić information content (AvgIpc) is 2.97. The van der Waals surface area contributed by atoms with Crippen molar-refractivity contribution in [3.05, 3.63) is 60.2 Å². The van der Waals surface area contributed by atoms with Gasteiger partial charge in [-0.2, -0.15) is 0 Å². The lowest BCUT2D eigenvalue weighted by molar-refractivity contribution is -0.160. The van der Waals surface area contributed by atoms with E-state index in [0.717, 1.165) is 17.1 Å². The van der Waals surface area contributed by atoms with Crippen LogP contribution in [-0.4, -0.2) is 41.8 Å². The lowest BCUT2D eigenvalue weighted by atomic mass is 10.0. The number of β-amino-alcohol motifs (C(OH)–C–C–N with tert-alkyl or cyclic N) is 1. The molecule has 1 aliphatic heterocycles. The summed E-state index contributed by atoms with van der Waals surface area (Å²) >= 11 is 0. The van der Waals surface area contributed by atoms with Crippen LogP contribution in [0.3, 0.4) is 0 Å². The van der Waals surface area contributed by atoms with Crippen LogP contribution in [0.5, 0.6) is 11.5 Å². The molecule has 0 radical (unpaired) electrons. The first-order chi connectivity index (χ1) is 11.6. The molecule has 1 N–H and O–H groups in total. The van der Waals surface area contributed by atoms with Crippen molar-refractivity contribution in [3.63, 3.8) is 0 Å². The smallest absolute Gasteiger partial charge is 0.339 e. The van der Waals surface area contributed by atoms with Crippen molar-refractivity contribution < 1.29 is 19.4 Å². The number of carbonyl (C=O) groups is 1. The molecule has 0 amide bonds. The zero-order chi connectivity index (χ0) is 17.0. The third-order valence-electron chi connectivity index (χ3n) is 4.18. The first-order valence-corrected chi connectivity index (χ1v) is 7.94. The van der Waals surface area contributed by atoms with Gasteiger partial charge in [-0.1, -0.05) is 30.3 Å². The van der Waals surface area contributed by atoms with Gasteiger partial charge in [-0.25, -0.2) is 4.79 Å². The Bertz CT molecular complexity index is 704. The molecule has 1 atom stereocenters. The van der Waals surface area contributed by atoms with Gasteiger partial charge in [0.15, 0.2) is 5.60 Å². The average molecular weight is 327 g/mol. The van der Waals surface area contributed by atoms with E-state index in [1.54, 1.807) is 0 Å². The summed E-state index contributed by atoms with van der Waals surface area (Å²) in [4.78, 5) is 13.7. The molecule has 5 nitrogen and oxygen atoms in total. The van der Waals surface area contributed by atoms with Crippen molar-refractivity contribution in [2.45, 2.75) is 18.6 Å². The van der Waals surface area contributed by atoms with Crippen LogP contribution in [0.2, 0.25) is 0 Å². The largest absolute Gasteiger partial charge is 0.467 e. The molecule has 0 spiro atoms. The second kappa shape index (κ2) is 7.03. The van der Waals surface area contributed by atoms with Crippen LogP contribution in [0.25, 0.3) is 0 Å². The van der Waals surface area contributed by atoms with E-state index < -0.39 is 11.6 Å². The number of esters is 1. The lowest BCUT2D eigenvalue weighted by Gasteiger charge is -2.20. The van der Waals surface area contributed by atoms with Crippen molar-refractivity contribution in [2.75, 3.05) is 20.2 Å². The van der Waals surface area contributed by atoms with Crippen molar-refractivity contribution in [2.24, 2.45) is 0 Å². The summed E-state index contributed by atoms with van der Waals surface area (Å²) in [6.45, 7) is 1.57. The Morgan fingerprint density at radius 1 is 1.17 bits per heavy atom. The van der Waals surface area contributed by atoms with Gasteiger partial charge in [-0.3, -0.25) is 4.90 Å². The summed E-state index contributed by atoms with van der Waals surface area (Å²) in [5, 5.41) is 10.3. The van der Waals surface area contributed by atoms with Crippen LogP contribution in [-0.2, 0) is 16.1 Å². The number of hydrogen-bond donors (Lipinski definition) is 1. The van der Waals surface area contributed by atoms with E-state index in [1.807, 2.05) is 59.5 Å². The van der Waals surface area contributed by atoms with Gasteiger partial charge in [0.1, 0.15) is 11.5 Å². The number of hydrogen-bond acceptors (Lipinski definition) is 5. The van der Waals surface area contributed by atoms with Crippen LogP contribution in [0.15, 0.2) is 54.6 Å². The normalized spacial score (nSPS) is 20.8. The molecule has 1 unspecified atom stereocenters. The highest BCUT2D eigenvalue weighted by Gasteiger charge is 2.43. The molecule has 1 saturated heterocycles. The number of rotatable bonds is 5. The molecule has 5 heteroatoms. The highest BCUT2D eigenvalue weighted by molar-refractivity contribution is 5.79. The summed E-state index contributed by atoms with van der Waals surface area (Å²) in [5.74, 6) is 0.989. The van der Waals surface area contributed by atoms with E-state index in [4.69, 9.17) is 4.74 Å². The van der Waals surface area contributed by atoms with Crippen LogP contribution in [0.4, 0.5) is 0 Å². The van der Waals surface area contributed by atoms with E-state index in [0.29, 0.717) is 19.5 Å². The summed E-state index contributed by atoms with van der Waals surface area (Å²) < 4.78 is 10.5. The molecule has 0 saturated carbocycles. The Morgan fingerprint density at radius 2 is 1.92 bits per heavy atom. The van der Waals surface area contributed by atoms with Gasteiger partial charge in [0, 0.05) is 26.1 Å². The summed E-state index contributed by atoms with van der Waals surface area (Å²) in [5.41, 5.74) is -0.329. The fourth-order valence-corrected chi connectivity index (χ4v) is 2.95. The fraction of sp³-hybridized carbons (Fsp3) is 0.316. The number of likely N-dealkylation sites (tertiary alicyclic amines) is 1. The number of benzene rings is 2. The SMILES string of the molecule is COC(=O)C1(O)CCN(Cc2cccc(Oc3ccccc3)c2)C1. The first kappa shape index (κ1) is 16.5. The van der Waals surface area contributed by atoms with Crippen molar-refractivity contribution in [1.82, 2.24) is 4.90 Å². The van der Waals surface area contributed by atoms with Gasteiger partial charge in [0.2, 0.25) is 0 Å². The van der Waals surface area contributed by atoms with E-state index in [2.05, 4.69) is 4.74 Å². The number of nitrogens with zero attached hydrogens (tertiary/aromatic N) is 1. The van der Waals surface area contributed by atoms with Gasteiger partial charge in [-0.05, 0) is 29.8 Å². The molecular formula is C19H21NO4. The van der Waals surface area contributed by atoms with Gasteiger partial charge in [-0.15, -0.1) is 0 Å². The molecule has 1 heterocycles. The van der Waals surface area contributed by atoms with Crippen molar-refractivity contribution >= 4 is 5.97 Å². The molecule has 126 valence electrons. The van der Waals surface area contributed by atoms with E-state index in [9.17, 15) is 9.90 Å². The minimum absolute atomic E-state index is 0.281. The molecular weight excluding hydrogens is 306 g/mol. The third kappa shape index (κ3) is 3.75. The maximum atomic E-state index is 11.7. The van der Waals surface area contributed by atoms with Crippen LogP contribution < -0.4 is 4.74 Å². The number of ether oxygens (including phenoxy) is 2. The van der Waals surface area contributed by atoms with Gasteiger partial charge < -0.3 is 14.6 Å². The predicted octanol–water partition coefficient (Wildman–Crippen LogP) is 2.59. The standard InChI is InChI=1S/C19H21NO4/c1-23-18(21)19(22)10-11-20(14-19)13-15-6-5-9-17(12-15)24-16-7-3-2-4-8-16/h2-9,12,22H,10-11,13-14H2,1H3. The summed E-state index contributed by atoms with van der Waals surface area (Å²) in [7, 11) is 1.30. The minimum atomic E-state index is -1.40. The highest BCUT2D eigenvalue weighted by atomic mass is 16.5. The molecule has 0 aromatic heterocycles. The number of methoxy groups -OCH3 is 1. The van der Waals surface area contributed by atoms with Crippen LogP contribution in [0.1, 0.15) is 12.0 Å².